The highest BCUT2D eigenvalue weighted by Gasteiger charge is 2.19. The maximum Gasteiger partial charge on any atom is 0.241 e. The highest BCUT2D eigenvalue weighted by Crippen LogP contribution is 2.25. The molecule has 0 spiro atoms. The van der Waals surface area contributed by atoms with Crippen LogP contribution in [0.25, 0.3) is 0 Å². The van der Waals surface area contributed by atoms with E-state index >= 15 is 0 Å². The summed E-state index contributed by atoms with van der Waals surface area (Å²) >= 11 is 1.28. The third-order valence-electron chi connectivity index (χ3n) is 2.39. The lowest BCUT2D eigenvalue weighted by atomic mass is 10.4. The molecule has 2 aromatic rings. The second-order valence-electron chi connectivity index (χ2n) is 3.72. The van der Waals surface area contributed by atoms with Crippen LogP contribution in [0.2, 0.25) is 0 Å². The molecule has 0 aliphatic carbocycles. The second kappa shape index (κ2) is 5.19. The predicted octanol–water partition coefficient (Wildman–Crippen LogP) is 0.750. The number of H-pyrrole nitrogens is 1. The van der Waals surface area contributed by atoms with Crippen molar-refractivity contribution in [2.75, 3.05) is 0 Å². The highest BCUT2D eigenvalue weighted by molar-refractivity contribution is 7.89. The van der Waals surface area contributed by atoms with E-state index in [-0.39, 0.29) is 18.0 Å². The van der Waals surface area contributed by atoms with Gasteiger partial charge in [-0.05, 0) is 13.0 Å². The minimum absolute atomic E-state index is 0.150. The Morgan fingerprint density at radius 2 is 2.33 bits per heavy atom. The fourth-order valence-corrected chi connectivity index (χ4v) is 4.01. The molecule has 18 heavy (non-hydrogen) atoms. The molecule has 2 rings (SSSR count). The molecule has 0 amide bonds. The Bertz CT molecular complexity index is 617. The molecule has 8 heteroatoms. The van der Waals surface area contributed by atoms with Gasteiger partial charge < -0.3 is 5.11 Å². The number of aromatic amines is 1. The second-order valence-corrected chi connectivity index (χ2v) is 6.80. The zero-order chi connectivity index (χ0) is 13.2. The van der Waals surface area contributed by atoms with Crippen molar-refractivity contribution < 1.29 is 13.5 Å². The maximum atomic E-state index is 12.1. The van der Waals surface area contributed by atoms with Crippen LogP contribution in [-0.4, -0.2) is 23.7 Å². The van der Waals surface area contributed by atoms with E-state index in [0.29, 0.717) is 9.75 Å². The molecular weight excluding hydrogens is 274 g/mol. The van der Waals surface area contributed by atoms with Crippen LogP contribution in [0, 0.1) is 6.92 Å². The lowest BCUT2D eigenvalue weighted by Gasteiger charge is -2.04. The Kier molecular flexibility index (Phi) is 3.81. The fourth-order valence-electron chi connectivity index (χ4n) is 1.50. The monoisotopic (exact) mass is 287 g/mol. The van der Waals surface area contributed by atoms with Crippen LogP contribution < -0.4 is 4.72 Å². The number of nitrogens with one attached hydrogen (secondary N) is 2. The van der Waals surface area contributed by atoms with E-state index in [1.54, 1.807) is 19.3 Å². The molecule has 2 heterocycles. The van der Waals surface area contributed by atoms with Crippen molar-refractivity contribution in [3.8, 4) is 0 Å². The van der Waals surface area contributed by atoms with Gasteiger partial charge in [-0.2, -0.15) is 5.10 Å². The zero-order valence-corrected chi connectivity index (χ0v) is 11.3. The summed E-state index contributed by atoms with van der Waals surface area (Å²) in [4.78, 5) is 1.52. The fraction of sp³-hybridized carbons (Fsp3) is 0.300. The van der Waals surface area contributed by atoms with E-state index in [0.717, 1.165) is 5.56 Å². The van der Waals surface area contributed by atoms with Crippen LogP contribution in [0.15, 0.2) is 23.4 Å². The Balaban J connectivity index is 2.17. The van der Waals surface area contributed by atoms with E-state index in [2.05, 4.69) is 14.9 Å². The number of aromatic nitrogens is 2. The van der Waals surface area contributed by atoms with E-state index in [1.807, 2.05) is 0 Å². The van der Waals surface area contributed by atoms with Crippen LogP contribution >= 0.6 is 11.3 Å². The molecule has 0 aromatic carbocycles. The summed E-state index contributed by atoms with van der Waals surface area (Å²) in [5.41, 5.74) is 0.758. The van der Waals surface area contributed by atoms with Gasteiger partial charge in [0.05, 0.1) is 17.7 Å². The van der Waals surface area contributed by atoms with Crippen LogP contribution in [0.3, 0.4) is 0 Å². The minimum Gasteiger partial charge on any atom is -0.391 e. The average Bonchev–Trinajstić information content (AvgIpc) is 2.95. The van der Waals surface area contributed by atoms with Crippen LogP contribution in [-0.2, 0) is 23.2 Å². The predicted molar refractivity (Wildman–Crippen MR) is 67.6 cm³/mol. The number of hydrogen-bond acceptors (Lipinski definition) is 5. The van der Waals surface area contributed by atoms with Gasteiger partial charge in [0, 0.05) is 28.1 Å². The number of thiophene rings is 1. The van der Waals surface area contributed by atoms with E-state index in [4.69, 9.17) is 5.11 Å². The summed E-state index contributed by atoms with van der Waals surface area (Å²) in [5.74, 6) is 0. The van der Waals surface area contributed by atoms with Gasteiger partial charge in [-0.15, -0.1) is 11.3 Å². The first-order chi connectivity index (χ1) is 8.53. The van der Waals surface area contributed by atoms with Crippen molar-refractivity contribution in [2.24, 2.45) is 0 Å². The minimum atomic E-state index is -3.55. The SMILES string of the molecule is Cc1sc(CO)cc1S(=O)(=O)NCc1cn[nH]c1. The average molecular weight is 287 g/mol. The highest BCUT2D eigenvalue weighted by atomic mass is 32.2. The van der Waals surface area contributed by atoms with Crippen LogP contribution in [0.4, 0.5) is 0 Å². The third kappa shape index (κ3) is 2.78. The quantitative estimate of drug-likeness (QED) is 0.756. The van der Waals surface area contributed by atoms with Crippen molar-refractivity contribution in [3.63, 3.8) is 0 Å². The molecule has 0 atom stereocenters. The number of hydrogen-bond donors (Lipinski definition) is 3. The molecule has 0 fully saturated rings. The first-order valence-corrected chi connectivity index (χ1v) is 7.50. The largest absolute Gasteiger partial charge is 0.391 e. The van der Waals surface area contributed by atoms with Crippen LogP contribution in [0.5, 0.6) is 0 Å². The number of aliphatic hydroxyl groups is 1. The molecule has 6 nitrogen and oxygen atoms in total. The van der Waals surface area contributed by atoms with Gasteiger partial charge in [0.1, 0.15) is 0 Å². The molecular formula is C10H13N3O3S2. The summed E-state index contributed by atoms with van der Waals surface area (Å²) in [5, 5.41) is 15.4. The smallest absolute Gasteiger partial charge is 0.241 e. The number of rotatable bonds is 5. The number of aliphatic hydroxyl groups excluding tert-OH is 1. The summed E-state index contributed by atoms with van der Waals surface area (Å²) < 4.78 is 26.6. The molecule has 0 unspecified atom stereocenters. The third-order valence-corrected chi connectivity index (χ3v) is 5.08. The first kappa shape index (κ1) is 13.2. The molecule has 3 N–H and O–H groups in total. The van der Waals surface area contributed by atoms with E-state index in [1.165, 1.54) is 17.4 Å². The van der Waals surface area contributed by atoms with Crippen molar-refractivity contribution >= 4 is 21.4 Å². The van der Waals surface area contributed by atoms with Crippen LogP contribution in [0.1, 0.15) is 15.3 Å². The van der Waals surface area contributed by atoms with Crippen molar-refractivity contribution in [2.45, 2.75) is 25.0 Å². The summed E-state index contributed by atoms with van der Waals surface area (Å²) in [6, 6.07) is 1.50. The molecule has 0 saturated carbocycles. The number of aryl methyl sites for hydroxylation is 1. The van der Waals surface area contributed by atoms with Crippen molar-refractivity contribution in [1.29, 1.82) is 0 Å². The van der Waals surface area contributed by atoms with Gasteiger partial charge in [-0.3, -0.25) is 5.10 Å². The molecule has 2 aromatic heterocycles. The molecule has 98 valence electrons. The van der Waals surface area contributed by atoms with Crippen molar-refractivity contribution in [1.82, 2.24) is 14.9 Å². The molecule has 0 aliphatic heterocycles. The number of sulfonamides is 1. The molecule has 0 aliphatic rings. The Labute approximate surface area is 109 Å². The Hall–Kier alpha value is -1.22. The summed E-state index contributed by atoms with van der Waals surface area (Å²) in [6.07, 6.45) is 3.18. The van der Waals surface area contributed by atoms with Gasteiger partial charge in [-0.1, -0.05) is 0 Å². The molecule has 0 radical (unpaired) electrons. The normalized spacial score (nSPS) is 11.9. The van der Waals surface area contributed by atoms with Gasteiger partial charge in [-0.25, -0.2) is 13.1 Å². The number of nitrogens with zero attached hydrogens (tertiary/aromatic N) is 1. The Morgan fingerprint density at radius 3 is 2.89 bits per heavy atom. The van der Waals surface area contributed by atoms with Crippen molar-refractivity contribution in [3.05, 3.63) is 33.8 Å². The van der Waals surface area contributed by atoms with Gasteiger partial charge >= 0.3 is 0 Å². The first-order valence-electron chi connectivity index (χ1n) is 5.20. The van der Waals surface area contributed by atoms with E-state index in [9.17, 15) is 8.42 Å². The molecule has 0 bridgehead atoms. The van der Waals surface area contributed by atoms with Gasteiger partial charge in [0.15, 0.2) is 0 Å². The lowest BCUT2D eigenvalue weighted by Crippen LogP contribution is -2.23. The lowest BCUT2D eigenvalue weighted by molar-refractivity contribution is 0.285. The summed E-state index contributed by atoms with van der Waals surface area (Å²) in [6.45, 7) is 1.75. The topological polar surface area (TPSA) is 95.1 Å². The Morgan fingerprint density at radius 1 is 1.56 bits per heavy atom. The zero-order valence-electron chi connectivity index (χ0n) is 9.67. The van der Waals surface area contributed by atoms with E-state index < -0.39 is 10.0 Å². The summed E-state index contributed by atoms with van der Waals surface area (Å²) in [7, 11) is -3.55. The van der Waals surface area contributed by atoms with Gasteiger partial charge in [0.2, 0.25) is 10.0 Å². The standard InChI is InChI=1S/C10H13N3O3S2/c1-7-10(2-9(6-14)17-7)18(15,16)13-5-8-3-11-12-4-8/h2-4,13-14H,5-6H2,1H3,(H,11,12). The van der Waals surface area contributed by atoms with Gasteiger partial charge in [0.25, 0.3) is 0 Å². The molecule has 0 saturated heterocycles. The maximum absolute atomic E-state index is 12.1.